The number of ether oxygens (including phenoxy) is 1. The molecule has 1 aliphatic heterocycles. The first-order chi connectivity index (χ1) is 14.5. The number of amides is 1. The van der Waals surface area contributed by atoms with Crippen LogP contribution in [0.2, 0.25) is 0 Å². The van der Waals surface area contributed by atoms with Gasteiger partial charge in [-0.15, -0.1) is 10.2 Å². The van der Waals surface area contributed by atoms with Crippen LogP contribution >= 0.6 is 0 Å². The number of anilines is 1. The lowest BCUT2D eigenvalue weighted by Crippen LogP contribution is -2.50. The zero-order chi connectivity index (χ0) is 20.8. The number of rotatable bonds is 6. The van der Waals surface area contributed by atoms with E-state index in [-0.39, 0.29) is 18.1 Å². The maximum atomic E-state index is 11.8. The zero-order valence-electron chi connectivity index (χ0n) is 18.1. The lowest BCUT2D eigenvalue weighted by molar-refractivity contribution is -0.122. The summed E-state index contributed by atoms with van der Waals surface area (Å²) in [5.74, 6) is 2.21. The number of hydrogen-bond donors (Lipinski definition) is 1. The van der Waals surface area contributed by atoms with Crippen LogP contribution in [0.3, 0.4) is 0 Å². The molecule has 1 N–H and O–H groups in total. The molecule has 0 bridgehead atoms. The van der Waals surface area contributed by atoms with Gasteiger partial charge in [0.05, 0.1) is 23.5 Å². The molecular formula is C22H32N6O2. The predicted molar refractivity (Wildman–Crippen MR) is 113 cm³/mol. The van der Waals surface area contributed by atoms with E-state index in [1.54, 1.807) is 17.8 Å². The Bertz CT molecular complexity index is 923. The van der Waals surface area contributed by atoms with Crippen LogP contribution in [0.4, 0.5) is 5.69 Å². The number of aromatic nitrogens is 4. The number of nitrogens with one attached hydrogen (secondary N) is 1. The minimum absolute atomic E-state index is 0.0363. The third kappa shape index (κ3) is 3.89. The van der Waals surface area contributed by atoms with Crippen LogP contribution in [-0.2, 0) is 9.53 Å². The minimum Gasteiger partial charge on any atom is -0.376 e. The van der Waals surface area contributed by atoms with Crippen molar-refractivity contribution in [2.45, 2.75) is 64.5 Å². The van der Waals surface area contributed by atoms with Gasteiger partial charge in [-0.3, -0.25) is 4.79 Å². The van der Waals surface area contributed by atoms with Crippen molar-refractivity contribution < 1.29 is 9.53 Å². The van der Waals surface area contributed by atoms with Crippen LogP contribution < -0.4 is 10.2 Å². The second kappa shape index (κ2) is 7.80. The molecule has 30 heavy (non-hydrogen) atoms. The molecular weight excluding hydrogens is 380 g/mol. The minimum atomic E-state index is 0.0363. The summed E-state index contributed by atoms with van der Waals surface area (Å²) in [6, 6.07) is 2.29. The lowest BCUT2D eigenvalue weighted by atomic mass is 9.77. The second-order valence-corrected chi connectivity index (χ2v) is 9.73. The van der Waals surface area contributed by atoms with Gasteiger partial charge in [-0.1, -0.05) is 13.8 Å². The summed E-state index contributed by atoms with van der Waals surface area (Å²) >= 11 is 0. The maximum Gasteiger partial charge on any atom is 0.217 e. The fraction of sp³-hybridized carbons (Fsp3) is 0.727. The SMILES string of the molecule is CC(=O)N[C@@H]1C[C@@H]2CN(c3cc(C(C)C)nn4cnnc34)C[C@@H]2C[C@H]1OCC1CC1. The molecule has 4 atom stereocenters. The topological polar surface area (TPSA) is 84.7 Å². The molecule has 1 saturated heterocycles. The Balaban J connectivity index is 1.37. The van der Waals surface area contributed by atoms with E-state index in [2.05, 4.69) is 45.4 Å². The van der Waals surface area contributed by atoms with E-state index in [0.29, 0.717) is 17.8 Å². The van der Waals surface area contributed by atoms with E-state index >= 15 is 0 Å². The molecule has 2 aromatic heterocycles. The van der Waals surface area contributed by atoms with Crippen molar-refractivity contribution in [3.63, 3.8) is 0 Å². The smallest absolute Gasteiger partial charge is 0.217 e. The van der Waals surface area contributed by atoms with Crippen LogP contribution in [0.1, 0.15) is 58.1 Å². The molecule has 3 fully saturated rings. The van der Waals surface area contributed by atoms with E-state index in [1.807, 2.05) is 0 Å². The van der Waals surface area contributed by atoms with Gasteiger partial charge < -0.3 is 15.0 Å². The predicted octanol–water partition coefficient (Wildman–Crippen LogP) is 2.39. The Hall–Kier alpha value is -2.22. The zero-order valence-corrected chi connectivity index (χ0v) is 18.1. The first-order valence-electron chi connectivity index (χ1n) is 11.3. The van der Waals surface area contributed by atoms with E-state index in [1.165, 1.54) is 12.8 Å². The van der Waals surface area contributed by atoms with E-state index in [4.69, 9.17) is 4.74 Å². The molecule has 0 aromatic carbocycles. The molecule has 0 radical (unpaired) electrons. The van der Waals surface area contributed by atoms with Crippen molar-refractivity contribution in [2.24, 2.45) is 17.8 Å². The average Bonchev–Trinajstić information content (AvgIpc) is 3.24. The highest BCUT2D eigenvalue weighted by molar-refractivity contribution is 5.73. The van der Waals surface area contributed by atoms with E-state index in [9.17, 15) is 4.79 Å². The van der Waals surface area contributed by atoms with Gasteiger partial charge in [-0.05, 0) is 55.4 Å². The van der Waals surface area contributed by atoms with Gasteiger partial charge in [0.25, 0.3) is 0 Å². The van der Waals surface area contributed by atoms with Gasteiger partial charge in [0.2, 0.25) is 11.6 Å². The molecule has 0 spiro atoms. The van der Waals surface area contributed by atoms with Crippen molar-refractivity contribution in [2.75, 3.05) is 24.6 Å². The maximum absolute atomic E-state index is 11.8. The number of carbonyl (C=O) groups excluding carboxylic acids is 1. The molecule has 0 unspecified atom stereocenters. The van der Waals surface area contributed by atoms with Crippen molar-refractivity contribution in [3.05, 3.63) is 18.1 Å². The quantitative estimate of drug-likeness (QED) is 0.784. The third-order valence-corrected chi connectivity index (χ3v) is 6.95. The van der Waals surface area contributed by atoms with Gasteiger partial charge in [0.15, 0.2) is 0 Å². The molecule has 5 rings (SSSR count). The van der Waals surface area contributed by atoms with Crippen molar-refractivity contribution >= 4 is 17.2 Å². The number of fused-ring (bicyclic) bond motifs is 2. The van der Waals surface area contributed by atoms with Gasteiger partial charge >= 0.3 is 0 Å². The Morgan fingerprint density at radius 3 is 2.73 bits per heavy atom. The Morgan fingerprint density at radius 2 is 2.03 bits per heavy atom. The highest BCUT2D eigenvalue weighted by Crippen LogP contribution is 2.41. The normalized spacial score (nSPS) is 28.9. The molecule has 3 heterocycles. The van der Waals surface area contributed by atoms with Gasteiger partial charge in [-0.25, -0.2) is 0 Å². The summed E-state index contributed by atoms with van der Waals surface area (Å²) in [4.78, 5) is 14.2. The summed E-state index contributed by atoms with van der Waals surface area (Å²) in [6.45, 7) is 8.73. The lowest BCUT2D eigenvalue weighted by Gasteiger charge is -2.38. The number of carbonyl (C=O) groups is 1. The van der Waals surface area contributed by atoms with Crippen LogP contribution in [0.25, 0.3) is 5.65 Å². The first kappa shape index (κ1) is 19.7. The Labute approximate surface area is 177 Å². The van der Waals surface area contributed by atoms with Crippen molar-refractivity contribution in [3.8, 4) is 0 Å². The number of hydrogen-bond acceptors (Lipinski definition) is 6. The van der Waals surface area contributed by atoms with E-state index < -0.39 is 0 Å². The van der Waals surface area contributed by atoms with Crippen molar-refractivity contribution in [1.29, 1.82) is 0 Å². The Kier molecular flexibility index (Phi) is 5.13. The van der Waals surface area contributed by atoms with Gasteiger partial charge in [0, 0.05) is 26.6 Å². The Morgan fingerprint density at radius 1 is 1.27 bits per heavy atom. The summed E-state index contributed by atoms with van der Waals surface area (Å²) in [7, 11) is 0. The fourth-order valence-corrected chi connectivity index (χ4v) is 5.10. The summed E-state index contributed by atoms with van der Waals surface area (Å²) in [6.07, 6.45) is 6.35. The van der Waals surface area contributed by atoms with Gasteiger partial charge in [-0.2, -0.15) is 9.61 Å². The summed E-state index contributed by atoms with van der Waals surface area (Å²) in [5, 5.41) is 16.2. The second-order valence-electron chi connectivity index (χ2n) is 9.73. The molecule has 2 saturated carbocycles. The third-order valence-electron chi connectivity index (χ3n) is 6.95. The average molecular weight is 413 g/mol. The first-order valence-corrected chi connectivity index (χ1v) is 11.3. The summed E-state index contributed by atoms with van der Waals surface area (Å²) < 4.78 is 8.11. The van der Waals surface area contributed by atoms with E-state index in [0.717, 1.165) is 55.5 Å². The van der Waals surface area contributed by atoms with Crippen LogP contribution in [-0.4, -0.2) is 57.6 Å². The fourth-order valence-electron chi connectivity index (χ4n) is 5.10. The van der Waals surface area contributed by atoms with Crippen molar-refractivity contribution in [1.82, 2.24) is 25.1 Å². The molecule has 162 valence electrons. The monoisotopic (exact) mass is 412 g/mol. The molecule has 2 aliphatic carbocycles. The molecule has 2 aromatic rings. The van der Waals surface area contributed by atoms with Crippen LogP contribution in [0.5, 0.6) is 0 Å². The summed E-state index contributed by atoms with van der Waals surface area (Å²) in [5.41, 5.74) is 2.99. The largest absolute Gasteiger partial charge is 0.376 e. The molecule has 8 heteroatoms. The standard InChI is InChI=1S/C22H32N6O2/c1-13(2)18-8-20(22-25-23-12-28(22)26-18)27-9-16-6-19(24-14(3)29)21(7-17(16)10-27)30-11-15-4-5-15/h8,12-13,15-17,19,21H,4-7,9-11H2,1-3H3,(H,24,29)/t16-,17+,19-,21-/m1/s1. The van der Waals surface area contributed by atoms with Crippen LogP contribution in [0.15, 0.2) is 12.4 Å². The van der Waals surface area contributed by atoms with Crippen LogP contribution in [0, 0.1) is 17.8 Å². The van der Waals surface area contributed by atoms with Gasteiger partial charge in [0.1, 0.15) is 6.33 Å². The highest BCUT2D eigenvalue weighted by atomic mass is 16.5. The molecule has 3 aliphatic rings. The molecule has 8 nitrogen and oxygen atoms in total. The molecule has 1 amide bonds. The highest BCUT2D eigenvalue weighted by Gasteiger charge is 2.44. The number of nitrogens with zero attached hydrogens (tertiary/aromatic N) is 5.